The van der Waals surface area contributed by atoms with Gasteiger partial charge in [0.05, 0.1) is 14.2 Å². The molecule has 6 heteroatoms. The van der Waals surface area contributed by atoms with Crippen molar-refractivity contribution in [1.82, 2.24) is 14.9 Å². The van der Waals surface area contributed by atoms with Crippen LogP contribution in [0.15, 0.2) is 30.6 Å². The second-order valence-corrected chi connectivity index (χ2v) is 7.28. The number of hydrogen-bond donors (Lipinski definition) is 1. The average Bonchev–Trinajstić information content (AvgIpc) is 2.96. The lowest BCUT2D eigenvalue weighted by atomic mass is 9.91. The predicted octanol–water partition coefficient (Wildman–Crippen LogP) is 3.08. The van der Waals surface area contributed by atoms with E-state index in [1.54, 1.807) is 26.5 Å². The van der Waals surface area contributed by atoms with E-state index in [1.807, 2.05) is 50.7 Å². The molecule has 1 amide bonds. The van der Waals surface area contributed by atoms with Gasteiger partial charge in [-0.25, -0.2) is 4.98 Å². The second kappa shape index (κ2) is 7.59. The van der Waals surface area contributed by atoms with E-state index >= 15 is 0 Å². The predicted molar refractivity (Wildman–Crippen MR) is 96.8 cm³/mol. The van der Waals surface area contributed by atoms with Gasteiger partial charge in [-0.1, -0.05) is 20.8 Å². The van der Waals surface area contributed by atoms with E-state index in [0.29, 0.717) is 17.9 Å². The Kier molecular flexibility index (Phi) is 5.72. The van der Waals surface area contributed by atoms with Crippen molar-refractivity contribution in [2.75, 3.05) is 14.2 Å². The molecular weight excluding hydrogens is 318 g/mol. The van der Waals surface area contributed by atoms with Crippen LogP contribution in [0.25, 0.3) is 0 Å². The minimum Gasteiger partial charge on any atom is -0.497 e. The molecule has 136 valence electrons. The van der Waals surface area contributed by atoms with Crippen LogP contribution >= 0.6 is 0 Å². The molecule has 0 saturated carbocycles. The first-order chi connectivity index (χ1) is 11.7. The van der Waals surface area contributed by atoms with E-state index in [2.05, 4.69) is 10.3 Å². The number of carbonyl (C=O) groups is 1. The van der Waals surface area contributed by atoms with Crippen LogP contribution in [-0.4, -0.2) is 29.7 Å². The summed E-state index contributed by atoms with van der Waals surface area (Å²) < 4.78 is 12.6. The number of carbonyl (C=O) groups excluding carboxylic acids is 1. The van der Waals surface area contributed by atoms with Gasteiger partial charge in [0, 0.05) is 31.9 Å². The van der Waals surface area contributed by atoms with Crippen LogP contribution in [0.1, 0.15) is 44.6 Å². The molecule has 1 unspecified atom stereocenters. The highest BCUT2D eigenvalue weighted by Gasteiger charge is 2.24. The normalized spacial score (nSPS) is 12.6. The lowest BCUT2D eigenvalue weighted by molar-refractivity contribution is -0.123. The van der Waals surface area contributed by atoms with Gasteiger partial charge >= 0.3 is 0 Å². The Hall–Kier alpha value is -2.50. The Bertz CT molecular complexity index is 710. The Labute approximate surface area is 149 Å². The van der Waals surface area contributed by atoms with Crippen LogP contribution in [-0.2, 0) is 11.8 Å². The Balaban J connectivity index is 2.42. The van der Waals surface area contributed by atoms with Crippen LogP contribution < -0.4 is 14.8 Å². The topological polar surface area (TPSA) is 65.4 Å². The fourth-order valence-corrected chi connectivity index (χ4v) is 2.64. The van der Waals surface area contributed by atoms with Crippen molar-refractivity contribution >= 4 is 5.91 Å². The van der Waals surface area contributed by atoms with Gasteiger partial charge in [0.25, 0.3) is 0 Å². The summed E-state index contributed by atoms with van der Waals surface area (Å²) >= 11 is 0. The summed E-state index contributed by atoms with van der Waals surface area (Å²) in [5, 5.41) is 3.10. The van der Waals surface area contributed by atoms with Crippen molar-refractivity contribution in [2.45, 2.75) is 33.2 Å². The number of methoxy groups -OCH3 is 2. The number of amides is 1. The number of rotatable bonds is 6. The second-order valence-electron chi connectivity index (χ2n) is 7.28. The first-order valence-corrected chi connectivity index (χ1v) is 8.23. The van der Waals surface area contributed by atoms with Gasteiger partial charge < -0.3 is 19.4 Å². The number of hydrogen-bond acceptors (Lipinski definition) is 4. The van der Waals surface area contributed by atoms with Crippen LogP contribution in [0.4, 0.5) is 0 Å². The summed E-state index contributed by atoms with van der Waals surface area (Å²) in [6, 6.07) is 5.19. The number of aryl methyl sites for hydroxylation is 1. The molecule has 0 fully saturated rings. The maximum atomic E-state index is 12.5. The average molecular weight is 345 g/mol. The van der Waals surface area contributed by atoms with Crippen molar-refractivity contribution in [3.05, 3.63) is 42.0 Å². The molecule has 1 aromatic heterocycles. The molecule has 2 rings (SSSR count). The third-order valence-corrected chi connectivity index (χ3v) is 3.82. The molecule has 0 spiro atoms. The molecule has 1 aromatic carbocycles. The molecule has 25 heavy (non-hydrogen) atoms. The zero-order valence-electron chi connectivity index (χ0n) is 15.8. The highest BCUT2D eigenvalue weighted by molar-refractivity contribution is 5.77. The number of ether oxygens (including phenoxy) is 2. The molecule has 6 nitrogen and oxygen atoms in total. The minimum atomic E-state index is -0.390. The molecule has 0 aliphatic rings. The van der Waals surface area contributed by atoms with Crippen LogP contribution in [0.2, 0.25) is 0 Å². The SMILES string of the molecule is COc1cc(OC)cc(C(NC(=O)CC(C)(C)C)c2nccn2C)c1. The minimum absolute atomic E-state index is 0.0257. The molecule has 0 bridgehead atoms. The molecular formula is C19H27N3O3. The summed E-state index contributed by atoms with van der Waals surface area (Å²) in [6.45, 7) is 6.12. The molecule has 0 aliphatic carbocycles. The third-order valence-electron chi connectivity index (χ3n) is 3.82. The van der Waals surface area contributed by atoms with Crippen LogP contribution in [0.5, 0.6) is 11.5 Å². The summed E-state index contributed by atoms with van der Waals surface area (Å²) in [4.78, 5) is 17.0. The molecule has 1 atom stereocenters. The van der Waals surface area contributed by atoms with Crippen LogP contribution in [0, 0.1) is 5.41 Å². The summed E-state index contributed by atoms with van der Waals surface area (Å²) in [5.41, 5.74) is 0.760. The molecule has 0 aliphatic heterocycles. The van der Waals surface area contributed by atoms with Gasteiger partial charge in [0.2, 0.25) is 5.91 Å². The Morgan fingerprint density at radius 2 is 1.80 bits per heavy atom. The van der Waals surface area contributed by atoms with E-state index < -0.39 is 0 Å². The maximum absolute atomic E-state index is 12.5. The highest BCUT2D eigenvalue weighted by atomic mass is 16.5. The number of imidazole rings is 1. The van der Waals surface area contributed by atoms with Crippen molar-refractivity contribution in [2.24, 2.45) is 12.5 Å². The first kappa shape index (κ1) is 18.8. The third kappa shape index (κ3) is 4.98. The Morgan fingerprint density at radius 3 is 2.24 bits per heavy atom. The van der Waals surface area contributed by atoms with Crippen LogP contribution in [0.3, 0.4) is 0 Å². The lowest BCUT2D eigenvalue weighted by Gasteiger charge is -2.23. The highest BCUT2D eigenvalue weighted by Crippen LogP contribution is 2.30. The van der Waals surface area contributed by atoms with E-state index in [4.69, 9.17) is 9.47 Å². The van der Waals surface area contributed by atoms with Gasteiger partial charge in [-0.2, -0.15) is 0 Å². The molecule has 0 saturated heterocycles. The van der Waals surface area contributed by atoms with Gasteiger partial charge in [0.1, 0.15) is 23.4 Å². The van der Waals surface area contributed by atoms with E-state index in [1.165, 1.54) is 0 Å². The zero-order chi connectivity index (χ0) is 18.6. The number of benzene rings is 1. The largest absolute Gasteiger partial charge is 0.497 e. The maximum Gasteiger partial charge on any atom is 0.221 e. The van der Waals surface area contributed by atoms with E-state index in [9.17, 15) is 4.79 Å². The fourth-order valence-electron chi connectivity index (χ4n) is 2.64. The molecule has 0 radical (unpaired) electrons. The van der Waals surface area contributed by atoms with Crippen molar-refractivity contribution in [1.29, 1.82) is 0 Å². The number of nitrogens with one attached hydrogen (secondary N) is 1. The van der Waals surface area contributed by atoms with Gasteiger partial charge in [0.15, 0.2) is 0 Å². The molecule has 1 N–H and O–H groups in total. The van der Waals surface area contributed by atoms with Crippen molar-refractivity contribution in [3.8, 4) is 11.5 Å². The van der Waals surface area contributed by atoms with Gasteiger partial charge in [-0.05, 0) is 23.1 Å². The van der Waals surface area contributed by atoms with Crippen molar-refractivity contribution in [3.63, 3.8) is 0 Å². The quantitative estimate of drug-likeness (QED) is 0.874. The smallest absolute Gasteiger partial charge is 0.221 e. The summed E-state index contributed by atoms with van der Waals surface area (Å²) in [7, 11) is 5.11. The Morgan fingerprint density at radius 1 is 1.20 bits per heavy atom. The first-order valence-electron chi connectivity index (χ1n) is 8.23. The summed E-state index contributed by atoms with van der Waals surface area (Å²) in [5.74, 6) is 2.05. The number of nitrogens with zero attached hydrogens (tertiary/aromatic N) is 2. The van der Waals surface area contributed by atoms with Gasteiger partial charge in [-0.15, -0.1) is 0 Å². The molecule has 1 heterocycles. The zero-order valence-corrected chi connectivity index (χ0v) is 15.8. The fraction of sp³-hybridized carbons (Fsp3) is 0.474. The summed E-state index contributed by atoms with van der Waals surface area (Å²) in [6.07, 6.45) is 4.00. The van der Waals surface area contributed by atoms with Gasteiger partial charge in [-0.3, -0.25) is 4.79 Å². The monoisotopic (exact) mass is 345 g/mol. The van der Waals surface area contributed by atoms with Crippen molar-refractivity contribution < 1.29 is 14.3 Å². The standard InChI is InChI=1S/C19H27N3O3/c1-19(2,3)12-16(23)21-17(18-20-7-8-22(18)4)13-9-14(24-5)11-15(10-13)25-6/h7-11,17H,12H2,1-6H3,(H,21,23). The molecule has 2 aromatic rings. The lowest BCUT2D eigenvalue weighted by Crippen LogP contribution is -2.33. The van der Waals surface area contributed by atoms with E-state index in [-0.39, 0.29) is 17.4 Å². The van der Waals surface area contributed by atoms with E-state index in [0.717, 1.165) is 11.4 Å². The number of aromatic nitrogens is 2.